The van der Waals surface area contributed by atoms with E-state index in [0.29, 0.717) is 35.3 Å². The van der Waals surface area contributed by atoms with E-state index in [-0.39, 0.29) is 17.9 Å². The summed E-state index contributed by atoms with van der Waals surface area (Å²) in [4.78, 5) is 14.8. The van der Waals surface area contributed by atoms with Gasteiger partial charge in [-0.2, -0.15) is 0 Å². The molecule has 20 heavy (non-hydrogen) atoms. The van der Waals surface area contributed by atoms with Crippen LogP contribution in [0.5, 0.6) is 0 Å². The molecule has 1 amide bonds. The lowest BCUT2D eigenvalue weighted by atomic mass is 9.97. The van der Waals surface area contributed by atoms with Gasteiger partial charge in [0.1, 0.15) is 0 Å². The summed E-state index contributed by atoms with van der Waals surface area (Å²) in [6, 6.07) is 5.23. The summed E-state index contributed by atoms with van der Waals surface area (Å²) in [6.07, 6.45) is 0.351. The van der Waals surface area contributed by atoms with Gasteiger partial charge >= 0.3 is 0 Å². The first-order valence-corrected chi connectivity index (χ1v) is 8.25. The highest BCUT2D eigenvalue weighted by Gasteiger charge is 2.27. The molecule has 1 saturated heterocycles. The minimum Gasteiger partial charge on any atom is -0.393 e. The van der Waals surface area contributed by atoms with Crippen molar-refractivity contribution in [2.75, 3.05) is 18.8 Å². The molecule has 0 spiro atoms. The Balaban J connectivity index is 1.90. The molecule has 1 aliphatic heterocycles. The van der Waals surface area contributed by atoms with Crippen molar-refractivity contribution in [3.8, 4) is 0 Å². The number of nitrogens with zero attached hydrogens (tertiary/aromatic N) is 1. The van der Waals surface area contributed by atoms with Crippen molar-refractivity contribution in [1.82, 2.24) is 4.90 Å². The predicted octanol–water partition coefficient (Wildman–Crippen LogP) is 3.31. The number of hydrogen-bond acceptors (Lipinski definition) is 3. The third-order valence-electron chi connectivity index (χ3n) is 3.46. The molecule has 0 aliphatic carbocycles. The Kier molecular flexibility index (Phi) is 5.61. The molecule has 3 nitrogen and oxygen atoms in total. The van der Waals surface area contributed by atoms with Crippen LogP contribution in [0.4, 0.5) is 0 Å². The number of aliphatic hydroxyl groups is 1. The van der Waals surface area contributed by atoms with Crippen LogP contribution in [0, 0.1) is 5.92 Å². The zero-order valence-corrected chi connectivity index (χ0v) is 13.5. The van der Waals surface area contributed by atoms with Crippen LogP contribution in [0.1, 0.15) is 13.3 Å². The highest BCUT2D eigenvalue weighted by molar-refractivity contribution is 8.00. The zero-order chi connectivity index (χ0) is 14.7. The normalized spacial score (nSPS) is 22.9. The minimum atomic E-state index is -0.297. The van der Waals surface area contributed by atoms with E-state index in [1.54, 1.807) is 18.2 Å². The summed E-state index contributed by atoms with van der Waals surface area (Å²) in [5.41, 5.74) is 0. The zero-order valence-electron chi connectivity index (χ0n) is 11.2. The molecule has 6 heteroatoms. The molecule has 1 fully saturated rings. The van der Waals surface area contributed by atoms with Gasteiger partial charge in [-0.25, -0.2) is 0 Å². The number of likely N-dealkylation sites (tertiary alicyclic amines) is 1. The Morgan fingerprint density at radius 1 is 1.50 bits per heavy atom. The Morgan fingerprint density at radius 2 is 2.25 bits per heavy atom. The lowest BCUT2D eigenvalue weighted by Crippen LogP contribution is -2.45. The number of hydrogen-bond donors (Lipinski definition) is 1. The van der Waals surface area contributed by atoms with Crippen LogP contribution in [-0.2, 0) is 4.79 Å². The lowest BCUT2D eigenvalue weighted by Gasteiger charge is -2.34. The van der Waals surface area contributed by atoms with E-state index in [4.69, 9.17) is 23.2 Å². The number of aliphatic hydroxyl groups excluding tert-OH is 1. The van der Waals surface area contributed by atoms with E-state index in [0.717, 1.165) is 4.90 Å². The molecule has 0 aromatic heterocycles. The van der Waals surface area contributed by atoms with E-state index in [1.807, 2.05) is 11.8 Å². The van der Waals surface area contributed by atoms with Crippen LogP contribution in [-0.4, -0.2) is 40.9 Å². The molecule has 0 saturated carbocycles. The van der Waals surface area contributed by atoms with Crippen molar-refractivity contribution < 1.29 is 9.90 Å². The highest BCUT2D eigenvalue weighted by Crippen LogP contribution is 2.30. The first-order chi connectivity index (χ1) is 9.47. The topological polar surface area (TPSA) is 40.5 Å². The average molecular weight is 334 g/mol. The van der Waals surface area contributed by atoms with Gasteiger partial charge in [0, 0.05) is 23.0 Å². The van der Waals surface area contributed by atoms with Gasteiger partial charge in [-0.3, -0.25) is 4.79 Å². The molecule has 0 bridgehead atoms. The summed E-state index contributed by atoms with van der Waals surface area (Å²) >= 11 is 13.4. The fourth-order valence-electron chi connectivity index (χ4n) is 2.18. The van der Waals surface area contributed by atoms with Gasteiger partial charge in [0.05, 0.1) is 16.9 Å². The largest absolute Gasteiger partial charge is 0.393 e. The molecule has 0 radical (unpaired) electrons. The SMILES string of the molecule is CC1CN(C(=O)CSc2cc(Cl)ccc2Cl)CCC1O. The smallest absolute Gasteiger partial charge is 0.232 e. The predicted molar refractivity (Wildman–Crippen MR) is 83.6 cm³/mol. The molecule has 1 aliphatic rings. The van der Waals surface area contributed by atoms with E-state index in [9.17, 15) is 9.90 Å². The Hall–Kier alpha value is -0.420. The second-order valence-electron chi connectivity index (χ2n) is 5.04. The molecule has 1 aromatic rings. The van der Waals surface area contributed by atoms with Crippen LogP contribution >= 0.6 is 35.0 Å². The second-order valence-corrected chi connectivity index (χ2v) is 6.90. The number of benzene rings is 1. The number of thioether (sulfide) groups is 1. The van der Waals surface area contributed by atoms with Crippen LogP contribution in [0.3, 0.4) is 0 Å². The Bertz CT molecular complexity index is 498. The standard InChI is InChI=1S/C14H17Cl2NO2S/c1-9-7-17(5-4-12(9)18)14(19)8-20-13-6-10(15)2-3-11(13)16/h2-3,6,9,12,18H,4-5,7-8H2,1H3. The molecule has 2 atom stereocenters. The highest BCUT2D eigenvalue weighted by atomic mass is 35.5. The first-order valence-electron chi connectivity index (χ1n) is 6.51. The summed E-state index contributed by atoms with van der Waals surface area (Å²) < 4.78 is 0. The van der Waals surface area contributed by atoms with Crippen molar-refractivity contribution in [2.45, 2.75) is 24.3 Å². The van der Waals surface area contributed by atoms with Crippen molar-refractivity contribution in [1.29, 1.82) is 0 Å². The lowest BCUT2D eigenvalue weighted by molar-refractivity contribution is -0.131. The average Bonchev–Trinajstić information content (AvgIpc) is 2.42. The monoisotopic (exact) mass is 333 g/mol. The molecule has 1 aromatic carbocycles. The van der Waals surface area contributed by atoms with Crippen molar-refractivity contribution in [3.05, 3.63) is 28.2 Å². The molecule has 2 unspecified atom stereocenters. The number of halogens is 2. The molecular formula is C14H17Cl2NO2S. The quantitative estimate of drug-likeness (QED) is 0.862. The minimum absolute atomic E-state index is 0.0739. The van der Waals surface area contributed by atoms with Gasteiger partial charge in [-0.05, 0) is 30.5 Å². The van der Waals surface area contributed by atoms with Crippen molar-refractivity contribution >= 4 is 40.9 Å². The van der Waals surface area contributed by atoms with Crippen LogP contribution in [0.2, 0.25) is 10.0 Å². The molecule has 2 rings (SSSR count). The third kappa shape index (κ3) is 4.04. The molecule has 110 valence electrons. The number of carbonyl (C=O) groups is 1. The number of carbonyl (C=O) groups excluding carboxylic acids is 1. The van der Waals surface area contributed by atoms with Gasteiger partial charge in [0.15, 0.2) is 0 Å². The Morgan fingerprint density at radius 3 is 2.95 bits per heavy atom. The van der Waals surface area contributed by atoms with Crippen LogP contribution in [0.15, 0.2) is 23.1 Å². The van der Waals surface area contributed by atoms with Crippen molar-refractivity contribution in [2.24, 2.45) is 5.92 Å². The maximum Gasteiger partial charge on any atom is 0.232 e. The number of amides is 1. The number of piperidine rings is 1. The summed E-state index contributed by atoms with van der Waals surface area (Å²) in [6.45, 7) is 3.20. The van der Waals surface area contributed by atoms with E-state index >= 15 is 0 Å². The van der Waals surface area contributed by atoms with E-state index in [1.165, 1.54) is 11.8 Å². The van der Waals surface area contributed by atoms with Crippen molar-refractivity contribution in [3.63, 3.8) is 0 Å². The van der Waals surface area contributed by atoms with Crippen LogP contribution < -0.4 is 0 Å². The van der Waals surface area contributed by atoms with Gasteiger partial charge in [0.2, 0.25) is 5.91 Å². The molecular weight excluding hydrogens is 317 g/mol. The first kappa shape index (κ1) is 16.0. The van der Waals surface area contributed by atoms with Gasteiger partial charge in [0.25, 0.3) is 0 Å². The summed E-state index contributed by atoms with van der Waals surface area (Å²) in [5, 5.41) is 10.9. The maximum atomic E-state index is 12.2. The van der Waals surface area contributed by atoms with Gasteiger partial charge in [-0.1, -0.05) is 30.1 Å². The summed E-state index contributed by atoms with van der Waals surface area (Å²) in [7, 11) is 0. The van der Waals surface area contributed by atoms with E-state index in [2.05, 4.69) is 0 Å². The molecule has 1 heterocycles. The fourth-order valence-corrected chi connectivity index (χ4v) is 3.57. The maximum absolute atomic E-state index is 12.2. The van der Waals surface area contributed by atoms with E-state index < -0.39 is 0 Å². The number of rotatable bonds is 3. The summed E-state index contributed by atoms with van der Waals surface area (Å²) in [5.74, 6) is 0.542. The van der Waals surface area contributed by atoms with Gasteiger partial charge in [-0.15, -0.1) is 11.8 Å². The van der Waals surface area contributed by atoms with Crippen LogP contribution in [0.25, 0.3) is 0 Å². The fraction of sp³-hybridized carbons (Fsp3) is 0.500. The third-order valence-corrected chi connectivity index (χ3v) is 5.17. The molecule has 1 N–H and O–H groups in total. The Labute approximate surface area is 133 Å². The van der Waals surface area contributed by atoms with Gasteiger partial charge < -0.3 is 10.0 Å². The second kappa shape index (κ2) is 7.03.